The quantitative estimate of drug-likeness (QED) is 0.916. The van der Waals surface area contributed by atoms with Gasteiger partial charge < -0.3 is 14.8 Å². The summed E-state index contributed by atoms with van der Waals surface area (Å²) >= 11 is 6.34. The van der Waals surface area contributed by atoms with Gasteiger partial charge in [0.15, 0.2) is 11.5 Å². The molecule has 0 radical (unpaired) electrons. The van der Waals surface area contributed by atoms with E-state index in [1.165, 1.54) is 0 Å². The number of methoxy groups -OCH3 is 2. The van der Waals surface area contributed by atoms with E-state index in [0.29, 0.717) is 22.9 Å². The first-order chi connectivity index (χ1) is 8.58. The number of hydrogen-bond acceptors (Lipinski definition) is 3. The summed E-state index contributed by atoms with van der Waals surface area (Å²) in [6, 6.07) is 3.79. The highest BCUT2D eigenvalue weighted by atomic mass is 35.5. The van der Waals surface area contributed by atoms with Gasteiger partial charge in [-0.15, -0.1) is 0 Å². The van der Waals surface area contributed by atoms with Crippen LogP contribution in [0.15, 0.2) is 12.1 Å². The maximum Gasteiger partial charge on any atom is 0.220 e. The van der Waals surface area contributed by atoms with Gasteiger partial charge in [-0.05, 0) is 18.6 Å². The van der Waals surface area contributed by atoms with Gasteiger partial charge in [0.2, 0.25) is 5.91 Å². The number of carbonyl (C=O) groups excluding carboxylic acids is 1. The third-order valence-corrected chi connectivity index (χ3v) is 3.70. The Kier molecular flexibility index (Phi) is 3.66. The fraction of sp³-hybridized carbons (Fsp3) is 0.462. The van der Waals surface area contributed by atoms with Gasteiger partial charge in [-0.1, -0.05) is 17.7 Å². The molecule has 1 aliphatic heterocycles. The number of rotatable bonds is 3. The lowest BCUT2D eigenvalue weighted by Gasteiger charge is -2.19. The fourth-order valence-electron chi connectivity index (χ4n) is 2.36. The van der Waals surface area contributed by atoms with Crippen LogP contribution in [0.25, 0.3) is 0 Å². The number of halogens is 1. The third-order valence-electron chi connectivity index (χ3n) is 3.31. The predicted octanol–water partition coefficient (Wildman–Crippen LogP) is 2.35. The van der Waals surface area contributed by atoms with E-state index in [2.05, 4.69) is 5.32 Å². The van der Waals surface area contributed by atoms with Crippen molar-refractivity contribution in [1.82, 2.24) is 5.32 Å². The number of nitrogens with one attached hydrogen (secondary N) is 1. The Morgan fingerprint density at radius 1 is 1.33 bits per heavy atom. The lowest BCUT2D eigenvalue weighted by Crippen LogP contribution is -2.24. The zero-order valence-electron chi connectivity index (χ0n) is 10.6. The number of ether oxygens (including phenoxy) is 2. The molecule has 1 N–H and O–H groups in total. The summed E-state index contributed by atoms with van der Waals surface area (Å²) in [7, 11) is 3.12. The Labute approximate surface area is 111 Å². The van der Waals surface area contributed by atoms with Gasteiger partial charge in [-0.25, -0.2) is 0 Å². The van der Waals surface area contributed by atoms with E-state index in [4.69, 9.17) is 21.1 Å². The maximum atomic E-state index is 11.4. The van der Waals surface area contributed by atoms with E-state index in [-0.39, 0.29) is 17.9 Å². The summed E-state index contributed by atoms with van der Waals surface area (Å²) in [5.74, 6) is 1.24. The van der Waals surface area contributed by atoms with Gasteiger partial charge in [0, 0.05) is 18.4 Å². The van der Waals surface area contributed by atoms with E-state index in [1.54, 1.807) is 14.2 Å². The molecule has 1 aromatic carbocycles. The fourth-order valence-corrected chi connectivity index (χ4v) is 2.73. The minimum absolute atomic E-state index is 0.0540. The lowest BCUT2D eigenvalue weighted by atomic mass is 9.92. The average Bonchev–Trinajstić information content (AvgIpc) is 2.67. The molecule has 0 spiro atoms. The van der Waals surface area contributed by atoms with E-state index in [0.717, 1.165) is 5.56 Å². The Bertz CT molecular complexity index is 476. The summed E-state index contributed by atoms with van der Waals surface area (Å²) < 4.78 is 10.5. The topological polar surface area (TPSA) is 47.6 Å². The number of hydrogen-bond donors (Lipinski definition) is 1. The van der Waals surface area contributed by atoms with Crippen molar-refractivity contribution in [3.63, 3.8) is 0 Å². The van der Waals surface area contributed by atoms with Crippen LogP contribution in [-0.4, -0.2) is 26.2 Å². The highest BCUT2D eigenvalue weighted by Crippen LogP contribution is 2.42. The van der Waals surface area contributed by atoms with Crippen LogP contribution in [0.1, 0.15) is 24.8 Å². The molecular formula is C13H16ClNO3. The minimum Gasteiger partial charge on any atom is -0.493 e. The minimum atomic E-state index is 0.0540. The zero-order chi connectivity index (χ0) is 13.3. The maximum absolute atomic E-state index is 11.4. The van der Waals surface area contributed by atoms with Crippen molar-refractivity contribution in [3.05, 3.63) is 22.7 Å². The van der Waals surface area contributed by atoms with Crippen molar-refractivity contribution in [2.45, 2.75) is 25.3 Å². The normalized spacial score (nSPS) is 22.8. The van der Waals surface area contributed by atoms with Crippen LogP contribution in [0.3, 0.4) is 0 Å². The predicted molar refractivity (Wildman–Crippen MR) is 69.5 cm³/mol. The lowest BCUT2D eigenvalue weighted by molar-refractivity contribution is -0.119. The van der Waals surface area contributed by atoms with E-state index in [1.807, 2.05) is 19.1 Å². The van der Waals surface area contributed by atoms with Crippen LogP contribution in [0.4, 0.5) is 0 Å². The molecule has 0 bridgehead atoms. The van der Waals surface area contributed by atoms with Crippen molar-refractivity contribution in [2.75, 3.05) is 14.2 Å². The Morgan fingerprint density at radius 2 is 2.06 bits per heavy atom. The van der Waals surface area contributed by atoms with Crippen molar-refractivity contribution in [3.8, 4) is 11.5 Å². The molecule has 1 aliphatic rings. The van der Waals surface area contributed by atoms with Gasteiger partial charge in [-0.2, -0.15) is 0 Å². The van der Waals surface area contributed by atoms with Crippen molar-refractivity contribution < 1.29 is 14.3 Å². The summed E-state index contributed by atoms with van der Waals surface area (Å²) in [5, 5.41) is 3.41. The second-order valence-corrected chi connectivity index (χ2v) is 4.75. The summed E-state index contributed by atoms with van der Waals surface area (Å²) in [6.07, 6.45) is 0.455. The highest BCUT2D eigenvalue weighted by molar-refractivity contribution is 6.33. The largest absolute Gasteiger partial charge is 0.493 e. The Hall–Kier alpha value is -1.42. The molecule has 1 aromatic rings. The third kappa shape index (κ3) is 2.12. The van der Waals surface area contributed by atoms with Crippen molar-refractivity contribution in [2.24, 2.45) is 0 Å². The van der Waals surface area contributed by atoms with E-state index in [9.17, 15) is 4.79 Å². The second kappa shape index (κ2) is 5.06. The van der Waals surface area contributed by atoms with Crippen molar-refractivity contribution >= 4 is 17.5 Å². The van der Waals surface area contributed by atoms with Gasteiger partial charge in [-0.3, -0.25) is 4.79 Å². The van der Waals surface area contributed by atoms with Crippen LogP contribution in [-0.2, 0) is 4.79 Å². The van der Waals surface area contributed by atoms with E-state index >= 15 is 0 Å². The smallest absolute Gasteiger partial charge is 0.220 e. The molecular weight excluding hydrogens is 254 g/mol. The molecule has 5 heteroatoms. The molecule has 4 nitrogen and oxygen atoms in total. The molecule has 2 rings (SSSR count). The number of benzene rings is 1. The first kappa shape index (κ1) is 13.0. The van der Waals surface area contributed by atoms with Crippen LogP contribution < -0.4 is 14.8 Å². The van der Waals surface area contributed by atoms with Gasteiger partial charge >= 0.3 is 0 Å². The van der Waals surface area contributed by atoms with Gasteiger partial charge in [0.25, 0.3) is 0 Å². The molecule has 1 saturated heterocycles. The first-order valence-electron chi connectivity index (χ1n) is 5.78. The average molecular weight is 270 g/mol. The first-order valence-corrected chi connectivity index (χ1v) is 6.16. The number of carbonyl (C=O) groups is 1. The monoisotopic (exact) mass is 269 g/mol. The molecule has 2 unspecified atom stereocenters. The van der Waals surface area contributed by atoms with Gasteiger partial charge in [0.05, 0.1) is 19.2 Å². The summed E-state index contributed by atoms with van der Waals surface area (Å²) in [4.78, 5) is 11.4. The van der Waals surface area contributed by atoms with Crippen LogP contribution >= 0.6 is 11.6 Å². The van der Waals surface area contributed by atoms with Crippen molar-refractivity contribution in [1.29, 1.82) is 0 Å². The SMILES string of the molecule is COc1ccc(C2CC(=O)NC2C)c(Cl)c1OC. The summed E-state index contributed by atoms with van der Waals surface area (Å²) in [6.45, 7) is 1.97. The molecule has 98 valence electrons. The van der Waals surface area contributed by atoms with Gasteiger partial charge in [0.1, 0.15) is 0 Å². The molecule has 2 atom stereocenters. The summed E-state index contributed by atoms with van der Waals surface area (Å²) in [5.41, 5.74) is 0.917. The zero-order valence-corrected chi connectivity index (χ0v) is 11.4. The molecule has 18 heavy (non-hydrogen) atoms. The van der Waals surface area contributed by atoms with Crippen LogP contribution in [0.2, 0.25) is 5.02 Å². The molecule has 1 amide bonds. The molecule has 0 aliphatic carbocycles. The Balaban J connectivity index is 2.43. The second-order valence-electron chi connectivity index (χ2n) is 4.37. The standard InChI is InChI=1S/C13H16ClNO3/c1-7-9(6-11(16)15-7)8-4-5-10(17-2)13(18-3)12(8)14/h4-5,7,9H,6H2,1-3H3,(H,15,16). The van der Waals surface area contributed by atoms with Crippen LogP contribution in [0, 0.1) is 0 Å². The van der Waals surface area contributed by atoms with Crippen LogP contribution in [0.5, 0.6) is 11.5 Å². The molecule has 1 fully saturated rings. The molecule has 0 aromatic heterocycles. The molecule has 0 saturated carbocycles. The molecule has 1 heterocycles. The van der Waals surface area contributed by atoms with E-state index < -0.39 is 0 Å². The highest BCUT2D eigenvalue weighted by Gasteiger charge is 2.32. The number of amides is 1. The Morgan fingerprint density at radius 3 is 2.56 bits per heavy atom.